The molecule has 0 amide bonds. The van der Waals surface area contributed by atoms with Gasteiger partial charge in [-0.15, -0.1) is 0 Å². The second-order valence-corrected chi connectivity index (χ2v) is 6.88. The van der Waals surface area contributed by atoms with Gasteiger partial charge in [0.25, 0.3) is 10.2 Å². The van der Waals surface area contributed by atoms with Gasteiger partial charge >= 0.3 is 0 Å². The van der Waals surface area contributed by atoms with Crippen LogP contribution in [0.15, 0.2) is 0 Å². The molecule has 104 valence electrons. The fourth-order valence-corrected chi connectivity index (χ4v) is 4.36. The predicted octanol–water partition coefficient (Wildman–Crippen LogP) is -0.248. The van der Waals surface area contributed by atoms with Crippen LogP contribution in [0.25, 0.3) is 0 Å². The Morgan fingerprint density at radius 3 is 2.33 bits per heavy atom. The van der Waals surface area contributed by atoms with Crippen LogP contribution in [-0.4, -0.2) is 49.6 Å². The Morgan fingerprint density at radius 1 is 1.28 bits per heavy atom. The summed E-state index contributed by atoms with van der Waals surface area (Å²) in [6, 6.07) is 0. The largest absolute Gasteiger partial charge is 0.392 e. The van der Waals surface area contributed by atoms with Crippen molar-refractivity contribution in [3.05, 3.63) is 0 Å². The number of hydrogen-bond acceptors (Lipinski definition) is 4. The van der Waals surface area contributed by atoms with Crippen LogP contribution in [-0.2, 0) is 14.9 Å². The highest BCUT2D eigenvalue weighted by molar-refractivity contribution is 7.87. The Morgan fingerprint density at radius 2 is 1.83 bits per heavy atom. The summed E-state index contributed by atoms with van der Waals surface area (Å²) in [6.07, 6.45) is 3.27. The molecular formula is C10H19N3O3S2. The van der Waals surface area contributed by atoms with Gasteiger partial charge in [-0.2, -0.15) is 17.4 Å². The lowest BCUT2D eigenvalue weighted by molar-refractivity contribution is 0.0721. The molecule has 2 fully saturated rings. The van der Waals surface area contributed by atoms with Crippen molar-refractivity contribution in [3.63, 3.8) is 0 Å². The molecule has 1 aliphatic heterocycles. The number of hydrogen-bond donors (Lipinski definition) is 2. The second-order valence-electron chi connectivity index (χ2n) is 4.77. The Bertz CT molecular complexity index is 412. The Hall–Kier alpha value is -0.280. The lowest BCUT2D eigenvalue weighted by Crippen LogP contribution is -2.59. The maximum atomic E-state index is 12.3. The van der Waals surface area contributed by atoms with Gasteiger partial charge in [-0.3, -0.25) is 0 Å². The minimum Gasteiger partial charge on any atom is -0.392 e. The molecule has 3 N–H and O–H groups in total. The molecule has 2 rings (SSSR count). The third kappa shape index (κ3) is 2.83. The smallest absolute Gasteiger partial charge is 0.280 e. The molecule has 0 spiro atoms. The van der Waals surface area contributed by atoms with Crippen LogP contribution in [0.2, 0.25) is 0 Å². The van der Waals surface area contributed by atoms with Crippen LogP contribution in [0.5, 0.6) is 0 Å². The van der Waals surface area contributed by atoms with E-state index in [1.807, 2.05) is 0 Å². The van der Waals surface area contributed by atoms with Crippen LogP contribution in [0.4, 0.5) is 0 Å². The summed E-state index contributed by atoms with van der Waals surface area (Å²) in [6.45, 7) is 1.62. The molecule has 1 aliphatic carbocycles. The van der Waals surface area contributed by atoms with Crippen LogP contribution in [0, 0.1) is 0 Å². The number of rotatable bonds is 4. The molecular weight excluding hydrogens is 274 g/mol. The number of nitrogens with one attached hydrogen (secondary N) is 1. The molecule has 6 nitrogen and oxygen atoms in total. The van der Waals surface area contributed by atoms with E-state index in [0.29, 0.717) is 39.1 Å². The minimum absolute atomic E-state index is 0.247. The maximum Gasteiger partial charge on any atom is 0.280 e. The topological polar surface area (TPSA) is 84.7 Å². The molecule has 0 unspecified atom stereocenters. The molecule has 1 saturated heterocycles. The van der Waals surface area contributed by atoms with Crippen molar-refractivity contribution in [1.82, 2.24) is 9.03 Å². The predicted molar refractivity (Wildman–Crippen MR) is 72.4 cm³/mol. The van der Waals surface area contributed by atoms with Gasteiger partial charge in [0.1, 0.15) is 0 Å². The van der Waals surface area contributed by atoms with E-state index in [2.05, 4.69) is 4.72 Å². The molecule has 0 atom stereocenters. The van der Waals surface area contributed by atoms with E-state index in [0.717, 1.165) is 12.8 Å². The molecule has 1 saturated carbocycles. The molecule has 0 radical (unpaired) electrons. The van der Waals surface area contributed by atoms with Crippen LogP contribution >= 0.6 is 12.2 Å². The van der Waals surface area contributed by atoms with Crippen molar-refractivity contribution < 1.29 is 13.2 Å². The van der Waals surface area contributed by atoms with Crippen molar-refractivity contribution in [2.75, 3.05) is 26.3 Å². The van der Waals surface area contributed by atoms with Gasteiger partial charge in [0.05, 0.1) is 23.7 Å². The average molecular weight is 293 g/mol. The van der Waals surface area contributed by atoms with Crippen molar-refractivity contribution >= 4 is 27.4 Å². The van der Waals surface area contributed by atoms with E-state index in [1.165, 1.54) is 4.31 Å². The van der Waals surface area contributed by atoms with Gasteiger partial charge in [-0.25, -0.2) is 0 Å². The lowest BCUT2D eigenvalue weighted by atomic mass is 10.00. The van der Waals surface area contributed by atoms with Crippen molar-refractivity contribution in [2.24, 2.45) is 5.73 Å². The SMILES string of the molecule is NC(=S)C1(NS(=O)(=O)N2CCOCC2)CCCC1. The van der Waals surface area contributed by atoms with Crippen LogP contribution < -0.4 is 10.5 Å². The number of ether oxygens (including phenoxy) is 1. The molecule has 0 aromatic carbocycles. The van der Waals surface area contributed by atoms with E-state index in [9.17, 15) is 8.42 Å². The highest BCUT2D eigenvalue weighted by atomic mass is 32.2. The summed E-state index contributed by atoms with van der Waals surface area (Å²) in [5.74, 6) is 0. The van der Waals surface area contributed by atoms with E-state index < -0.39 is 15.7 Å². The zero-order chi connectivity index (χ0) is 13.2. The molecule has 0 aromatic rings. The Balaban J connectivity index is 2.12. The summed E-state index contributed by atoms with van der Waals surface area (Å²) < 4.78 is 33.9. The van der Waals surface area contributed by atoms with Crippen LogP contribution in [0.3, 0.4) is 0 Å². The van der Waals surface area contributed by atoms with E-state index in [-0.39, 0.29) is 4.99 Å². The number of nitrogens with two attached hydrogens (primary N) is 1. The van der Waals surface area contributed by atoms with Crippen molar-refractivity contribution in [1.29, 1.82) is 0 Å². The van der Waals surface area contributed by atoms with E-state index in [1.54, 1.807) is 0 Å². The first-order chi connectivity index (χ1) is 8.46. The summed E-state index contributed by atoms with van der Waals surface area (Å²) in [7, 11) is -3.53. The lowest BCUT2D eigenvalue weighted by Gasteiger charge is -2.33. The molecule has 2 aliphatic rings. The van der Waals surface area contributed by atoms with Gasteiger partial charge in [-0.1, -0.05) is 25.1 Å². The summed E-state index contributed by atoms with van der Waals surface area (Å²) in [5, 5.41) is 0. The second kappa shape index (κ2) is 5.38. The number of thiocarbonyl (C=S) groups is 1. The summed E-state index contributed by atoms with van der Waals surface area (Å²) >= 11 is 5.04. The molecule has 8 heteroatoms. The minimum atomic E-state index is -3.53. The standard InChI is InChI=1S/C10H19N3O3S2/c11-9(17)10(3-1-2-4-10)12-18(14,15)13-5-7-16-8-6-13/h12H,1-8H2,(H2,11,17). The highest BCUT2D eigenvalue weighted by Gasteiger charge is 2.42. The maximum absolute atomic E-state index is 12.3. The zero-order valence-electron chi connectivity index (χ0n) is 10.2. The first-order valence-electron chi connectivity index (χ1n) is 6.13. The fourth-order valence-electron chi connectivity index (χ4n) is 2.48. The van der Waals surface area contributed by atoms with Gasteiger partial charge < -0.3 is 10.5 Å². The highest BCUT2D eigenvalue weighted by Crippen LogP contribution is 2.31. The van der Waals surface area contributed by atoms with Gasteiger partial charge in [0.2, 0.25) is 0 Å². The summed E-state index contributed by atoms with van der Waals surface area (Å²) in [4.78, 5) is 0.247. The van der Waals surface area contributed by atoms with Crippen molar-refractivity contribution in [2.45, 2.75) is 31.2 Å². The Kier molecular flexibility index (Phi) is 4.22. The summed E-state index contributed by atoms with van der Waals surface area (Å²) in [5.41, 5.74) is 5.00. The number of nitrogens with zero attached hydrogens (tertiary/aromatic N) is 1. The molecule has 0 aromatic heterocycles. The first-order valence-corrected chi connectivity index (χ1v) is 7.98. The fraction of sp³-hybridized carbons (Fsp3) is 0.900. The van der Waals surface area contributed by atoms with Crippen molar-refractivity contribution in [3.8, 4) is 0 Å². The first kappa shape index (κ1) is 14.1. The monoisotopic (exact) mass is 293 g/mol. The van der Waals surface area contributed by atoms with Gasteiger partial charge in [0.15, 0.2) is 0 Å². The third-order valence-corrected chi connectivity index (χ3v) is 5.65. The third-order valence-electron chi connectivity index (χ3n) is 3.56. The molecule has 18 heavy (non-hydrogen) atoms. The molecule has 0 bridgehead atoms. The zero-order valence-corrected chi connectivity index (χ0v) is 11.9. The molecule has 1 heterocycles. The van der Waals surface area contributed by atoms with E-state index >= 15 is 0 Å². The average Bonchev–Trinajstić information content (AvgIpc) is 2.79. The van der Waals surface area contributed by atoms with Gasteiger partial charge in [-0.05, 0) is 12.8 Å². The van der Waals surface area contributed by atoms with Crippen LogP contribution in [0.1, 0.15) is 25.7 Å². The normalized spacial score (nSPS) is 25.1. The number of morpholine rings is 1. The Labute approximate surface area is 113 Å². The quantitative estimate of drug-likeness (QED) is 0.698. The van der Waals surface area contributed by atoms with E-state index in [4.69, 9.17) is 22.7 Å². The van der Waals surface area contributed by atoms with Gasteiger partial charge in [0, 0.05) is 13.1 Å².